The molecule has 1 saturated carbocycles. The highest BCUT2D eigenvalue weighted by Crippen LogP contribution is 2.26. The molecule has 0 radical (unpaired) electrons. The van der Waals surface area contributed by atoms with Crippen LogP contribution in [0.5, 0.6) is 0 Å². The van der Waals surface area contributed by atoms with Gasteiger partial charge in [0.15, 0.2) is 0 Å². The molecule has 0 aromatic carbocycles. The lowest BCUT2D eigenvalue weighted by atomic mass is 9.89. The van der Waals surface area contributed by atoms with Crippen LogP contribution in [0.1, 0.15) is 26.7 Å². The molecule has 2 unspecified atom stereocenters. The Labute approximate surface area is 74.7 Å². The zero-order chi connectivity index (χ0) is 8.55. The predicted molar refractivity (Wildman–Crippen MR) is 49.1 cm³/mol. The number of hydrogen-bond donors (Lipinski definition) is 1. The van der Waals surface area contributed by atoms with E-state index in [2.05, 4.69) is 19.2 Å². The molecule has 2 nitrogen and oxygen atoms in total. The standard InChI is InChI=1S/C10H19NO/c1-7-5-12-6-8(2)10(7)11-9-3-4-9/h7-11H,3-6H2,1-2H3. The second-order valence-electron chi connectivity index (χ2n) is 4.46. The summed E-state index contributed by atoms with van der Waals surface area (Å²) in [6.07, 6.45) is 2.77. The van der Waals surface area contributed by atoms with E-state index in [4.69, 9.17) is 4.74 Å². The average Bonchev–Trinajstić information content (AvgIpc) is 2.80. The smallest absolute Gasteiger partial charge is 0.0506 e. The van der Waals surface area contributed by atoms with E-state index in [1.54, 1.807) is 0 Å². The SMILES string of the molecule is CC1COCC(C)C1NC1CC1. The van der Waals surface area contributed by atoms with Crippen LogP contribution < -0.4 is 5.32 Å². The van der Waals surface area contributed by atoms with Gasteiger partial charge in [0.2, 0.25) is 0 Å². The number of hydrogen-bond acceptors (Lipinski definition) is 2. The van der Waals surface area contributed by atoms with Crippen LogP contribution in [0.25, 0.3) is 0 Å². The summed E-state index contributed by atoms with van der Waals surface area (Å²) in [5, 5.41) is 3.71. The Morgan fingerprint density at radius 3 is 2.17 bits per heavy atom. The lowest BCUT2D eigenvalue weighted by Gasteiger charge is -2.35. The Kier molecular flexibility index (Phi) is 2.37. The van der Waals surface area contributed by atoms with Crippen molar-refractivity contribution in [2.45, 2.75) is 38.8 Å². The molecule has 1 N–H and O–H groups in total. The minimum absolute atomic E-state index is 0.689. The van der Waals surface area contributed by atoms with Gasteiger partial charge in [-0.2, -0.15) is 0 Å². The van der Waals surface area contributed by atoms with Gasteiger partial charge in [-0.25, -0.2) is 0 Å². The molecule has 2 rings (SSSR count). The van der Waals surface area contributed by atoms with Gasteiger partial charge < -0.3 is 10.1 Å². The van der Waals surface area contributed by atoms with Gasteiger partial charge >= 0.3 is 0 Å². The molecule has 0 spiro atoms. The van der Waals surface area contributed by atoms with E-state index in [1.807, 2.05) is 0 Å². The van der Waals surface area contributed by atoms with Gasteiger partial charge in [-0.05, 0) is 24.7 Å². The molecule has 1 saturated heterocycles. The summed E-state index contributed by atoms with van der Waals surface area (Å²) >= 11 is 0. The summed E-state index contributed by atoms with van der Waals surface area (Å²) in [5.41, 5.74) is 0. The lowest BCUT2D eigenvalue weighted by molar-refractivity contribution is 0.00147. The molecule has 0 aromatic heterocycles. The van der Waals surface area contributed by atoms with Crippen LogP contribution in [0.3, 0.4) is 0 Å². The maximum absolute atomic E-state index is 5.49. The first-order valence-electron chi connectivity index (χ1n) is 5.11. The number of ether oxygens (including phenoxy) is 1. The van der Waals surface area contributed by atoms with Crippen LogP contribution in [0.15, 0.2) is 0 Å². The summed E-state index contributed by atoms with van der Waals surface area (Å²) < 4.78 is 5.49. The molecule has 2 heteroatoms. The molecular weight excluding hydrogens is 150 g/mol. The van der Waals surface area contributed by atoms with Gasteiger partial charge in [0.1, 0.15) is 0 Å². The first kappa shape index (κ1) is 8.52. The minimum Gasteiger partial charge on any atom is -0.381 e. The summed E-state index contributed by atoms with van der Waals surface area (Å²) in [6, 6.07) is 1.53. The van der Waals surface area contributed by atoms with Crippen molar-refractivity contribution in [3.05, 3.63) is 0 Å². The first-order chi connectivity index (χ1) is 5.77. The normalized spacial score (nSPS) is 43.0. The van der Waals surface area contributed by atoms with Gasteiger partial charge in [0.25, 0.3) is 0 Å². The van der Waals surface area contributed by atoms with Gasteiger partial charge in [-0.15, -0.1) is 0 Å². The summed E-state index contributed by atoms with van der Waals surface area (Å²) in [5.74, 6) is 1.38. The van der Waals surface area contributed by atoms with E-state index in [-0.39, 0.29) is 0 Å². The van der Waals surface area contributed by atoms with Crippen LogP contribution in [-0.2, 0) is 4.74 Å². The molecule has 1 aliphatic heterocycles. The Morgan fingerprint density at radius 1 is 1.08 bits per heavy atom. The highest BCUT2D eigenvalue weighted by atomic mass is 16.5. The van der Waals surface area contributed by atoms with Gasteiger partial charge in [-0.1, -0.05) is 13.8 Å². The molecule has 0 amide bonds. The second kappa shape index (κ2) is 3.35. The molecule has 70 valence electrons. The fourth-order valence-electron chi connectivity index (χ4n) is 2.06. The Hall–Kier alpha value is -0.0800. The van der Waals surface area contributed by atoms with Gasteiger partial charge in [0, 0.05) is 12.1 Å². The Bertz CT molecular complexity index is 146. The van der Waals surface area contributed by atoms with Crippen molar-refractivity contribution in [2.24, 2.45) is 11.8 Å². The summed E-state index contributed by atoms with van der Waals surface area (Å²) in [6.45, 7) is 6.45. The number of rotatable bonds is 2. The van der Waals surface area contributed by atoms with Crippen LogP contribution >= 0.6 is 0 Å². The summed E-state index contributed by atoms with van der Waals surface area (Å²) in [7, 11) is 0. The van der Waals surface area contributed by atoms with Crippen LogP contribution in [0.4, 0.5) is 0 Å². The zero-order valence-corrected chi connectivity index (χ0v) is 8.05. The molecule has 12 heavy (non-hydrogen) atoms. The third kappa shape index (κ3) is 1.80. The summed E-state index contributed by atoms with van der Waals surface area (Å²) in [4.78, 5) is 0. The quantitative estimate of drug-likeness (QED) is 0.675. The van der Waals surface area contributed by atoms with Gasteiger partial charge in [-0.3, -0.25) is 0 Å². The highest BCUT2D eigenvalue weighted by molar-refractivity contribution is 4.90. The Morgan fingerprint density at radius 2 is 1.67 bits per heavy atom. The first-order valence-corrected chi connectivity index (χ1v) is 5.11. The van der Waals surface area contributed by atoms with Crippen LogP contribution in [0, 0.1) is 11.8 Å². The molecular formula is C10H19NO. The predicted octanol–water partition coefficient (Wildman–Crippen LogP) is 1.41. The molecule has 2 fully saturated rings. The molecule has 0 bridgehead atoms. The maximum Gasteiger partial charge on any atom is 0.0506 e. The monoisotopic (exact) mass is 169 g/mol. The highest BCUT2D eigenvalue weighted by Gasteiger charge is 2.33. The fourth-order valence-corrected chi connectivity index (χ4v) is 2.06. The van der Waals surface area contributed by atoms with Crippen LogP contribution in [0.2, 0.25) is 0 Å². The lowest BCUT2D eigenvalue weighted by Crippen LogP contribution is -2.48. The van der Waals surface area contributed by atoms with Crippen molar-refractivity contribution in [1.29, 1.82) is 0 Å². The largest absolute Gasteiger partial charge is 0.381 e. The fraction of sp³-hybridized carbons (Fsp3) is 1.00. The van der Waals surface area contributed by atoms with Crippen molar-refractivity contribution in [2.75, 3.05) is 13.2 Å². The van der Waals surface area contributed by atoms with E-state index in [9.17, 15) is 0 Å². The molecule has 2 aliphatic rings. The van der Waals surface area contributed by atoms with Crippen molar-refractivity contribution in [1.82, 2.24) is 5.32 Å². The minimum atomic E-state index is 0.689. The van der Waals surface area contributed by atoms with E-state index in [0.29, 0.717) is 17.9 Å². The zero-order valence-electron chi connectivity index (χ0n) is 8.05. The molecule has 1 heterocycles. The van der Waals surface area contributed by atoms with Crippen molar-refractivity contribution in [3.8, 4) is 0 Å². The third-order valence-electron chi connectivity index (χ3n) is 2.99. The average molecular weight is 169 g/mol. The van der Waals surface area contributed by atoms with Gasteiger partial charge in [0.05, 0.1) is 13.2 Å². The second-order valence-corrected chi connectivity index (χ2v) is 4.46. The maximum atomic E-state index is 5.49. The van der Waals surface area contributed by atoms with Crippen LogP contribution in [-0.4, -0.2) is 25.3 Å². The Balaban J connectivity index is 1.88. The molecule has 2 atom stereocenters. The number of nitrogens with one attached hydrogen (secondary N) is 1. The van der Waals surface area contributed by atoms with E-state index >= 15 is 0 Å². The van der Waals surface area contributed by atoms with E-state index in [0.717, 1.165) is 19.3 Å². The molecule has 1 aliphatic carbocycles. The van der Waals surface area contributed by atoms with E-state index < -0.39 is 0 Å². The molecule has 0 aromatic rings. The topological polar surface area (TPSA) is 21.3 Å². The van der Waals surface area contributed by atoms with E-state index in [1.165, 1.54) is 12.8 Å². The van der Waals surface area contributed by atoms with Crippen molar-refractivity contribution >= 4 is 0 Å². The third-order valence-corrected chi connectivity index (χ3v) is 2.99. The van der Waals surface area contributed by atoms with Crippen molar-refractivity contribution in [3.63, 3.8) is 0 Å². The van der Waals surface area contributed by atoms with Crippen molar-refractivity contribution < 1.29 is 4.74 Å².